The fraction of sp³-hybridized carbons (Fsp3) is 0.438. The van der Waals surface area contributed by atoms with Gasteiger partial charge in [-0.3, -0.25) is 0 Å². The van der Waals surface area contributed by atoms with E-state index in [0.29, 0.717) is 0 Å². The summed E-state index contributed by atoms with van der Waals surface area (Å²) < 4.78 is 11.9. The van der Waals surface area contributed by atoms with Crippen LogP contribution in [0.25, 0.3) is 11.1 Å². The minimum absolute atomic E-state index is 0.781. The summed E-state index contributed by atoms with van der Waals surface area (Å²) in [5.74, 6) is 1.81. The predicted molar refractivity (Wildman–Crippen MR) is 153 cm³/mol. The van der Waals surface area contributed by atoms with E-state index in [2.05, 4.69) is 66.7 Å². The quantitative estimate of drug-likeness (QED) is 0.317. The van der Waals surface area contributed by atoms with E-state index in [0.717, 1.165) is 28.4 Å². The van der Waals surface area contributed by atoms with Crippen molar-refractivity contribution in [1.82, 2.24) is 0 Å². The molecular weight excluding hydrogens is 447 g/mol. The standard InChI is InChI=1S/C32H41O2P/c1-33-29-22-14-23-30(34-2)32(29)28-21-12-13-24-31(28)35(25-15-6-3-7-16-25,26-17-8-4-9-18-26)27-19-10-5-11-20-27/h3,6-7,12-16,21-24,26-27,35H,4-5,8-11,17-20H2,1-2H3. The number of rotatable bonds is 7. The van der Waals surface area contributed by atoms with Crippen molar-refractivity contribution in [2.45, 2.75) is 75.5 Å². The molecule has 186 valence electrons. The predicted octanol–water partition coefficient (Wildman–Crippen LogP) is 7.74. The first-order valence-corrected chi connectivity index (χ1v) is 15.8. The molecule has 3 heteroatoms. The van der Waals surface area contributed by atoms with Gasteiger partial charge in [-0.15, -0.1) is 0 Å². The molecule has 0 aromatic heterocycles. The zero-order valence-electron chi connectivity index (χ0n) is 21.5. The Morgan fingerprint density at radius 2 is 1.09 bits per heavy atom. The summed E-state index contributed by atoms with van der Waals surface area (Å²) in [5.41, 5.74) is 4.01. The average molecular weight is 489 g/mol. The zero-order valence-corrected chi connectivity index (χ0v) is 22.5. The van der Waals surface area contributed by atoms with Gasteiger partial charge in [0.2, 0.25) is 0 Å². The van der Waals surface area contributed by atoms with Crippen molar-refractivity contribution in [3.8, 4) is 22.6 Å². The molecule has 5 rings (SSSR count). The summed E-state index contributed by atoms with van der Waals surface area (Å²) in [6, 6.07) is 27.3. The second kappa shape index (κ2) is 11.2. The first-order valence-electron chi connectivity index (χ1n) is 13.7. The second-order valence-electron chi connectivity index (χ2n) is 10.5. The van der Waals surface area contributed by atoms with E-state index in [1.165, 1.54) is 69.8 Å². The van der Waals surface area contributed by atoms with Crippen LogP contribution in [0.5, 0.6) is 11.5 Å². The van der Waals surface area contributed by atoms with Crippen LogP contribution in [0.1, 0.15) is 64.2 Å². The first kappa shape index (κ1) is 24.4. The molecule has 3 aromatic rings. The van der Waals surface area contributed by atoms with Crippen molar-refractivity contribution >= 4 is 17.9 Å². The van der Waals surface area contributed by atoms with Crippen molar-refractivity contribution in [1.29, 1.82) is 0 Å². The average Bonchev–Trinajstić information content (AvgIpc) is 2.95. The monoisotopic (exact) mass is 488 g/mol. The molecule has 0 saturated heterocycles. The number of hydrogen-bond donors (Lipinski definition) is 0. The molecule has 2 aliphatic carbocycles. The fourth-order valence-corrected chi connectivity index (χ4v) is 14.6. The number of methoxy groups -OCH3 is 2. The van der Waals surface area contributed by atoms with Crippen LogP contribution in [-0.2, 0) is 0 Å². The summed E-state index contributed by atoms with van der Waals surface area (Å²) in [5, 5.41) is 3.24. The molecule has 0 aliphatic heterocycles. The van der Waals surface area contributed by atoms with E-state index >= 15 is 0 Å². The van der Waals surface area contributed by atoms with Crippen LogP contribution < -0.4 is 20.1 Å². The Bertz CT molecular complexity index is 1060. The van der Waals surface area contributed by atoms with E-state index in [4.69, 9.17) is 9.47 Å². The Hall–Kier alpha value is -2.31. The van der Waals surface area contributed by atoms with Gasteiger partial charge in [0, 0.05) is 0 Å². The van der Waals surface area contributed by atoms with Crippen LogP contribution >= 0.6 is 7.26 Å². The third-order valence-corrected chi connectivity index (χ3v) is 15.2. The van der Waals surface area contributed by atoms with Gasteiger partial charge >= 0.3 is 213 Å². The van der Waals surface area contributed by atoms with Gasteiger partial charge in [-0.2, -0.15) is 0 Å². The van der Waals surface area contributed by atoms with E-state index in [1.807, 2.05) is 6.07 Å². The van der Waals surface area contributed by atoms with Crippen LogP contribution in [-0.4, -0.2) is 25.5 Å². The number of hydrogen-bond acceptors (Lipinski definition) is 2. The molecular formula is C32H41O2P. The molecule has 2 saturated carbocycles. The molecule has 0 amide bonds. The summed E-state index contributed by atoms with van der Waals surface area (Å²) >= 11 is 0. The molecule has 0 N–H and O–H groups in total. The zero-order chi connectivity index (χ0) is 24.1. The molecule has 2 nitrogen and oxygen atoms in total. The first-order chi connectivity index (χ1) is 17.3. The van der Waals surface area contributed by atoms with Gasteiger partial charge in [-0.05, 0) is 0 Å². The molecule has 0 radical (unpaired) electrons. The second-order valence-corrected chi connectivity index (χ2v) is 15.0. The van der Waals surface area contributed by atoms with Gasteiger partial charge in [0.15, 0.2) is 0 Å². The molecule has 0 unspecified atom stereocenters. The Morgan fingerprint density at radius 1 is 0.571 bits per heavy atom. The van der Waals surface area contributed by atoms with Crippen LogP contribution in [0.15, 0.2) is 72.8 Å². The summed E-state index contributed by atoms with van der Waals surface area (Å²) in [7, 11) is 1.41. The molecule has 0 atom stereocenters. The van der Waals surface area contributed by atoms with Gasteiger partial charge in [0.25, 0.3) is 0 Å². The third-order valence-electron chi connectivity index (χ3n) is 8.82. The summed E-state index contributed by atoms with van der Waals surface area (Å²) in [4.78, 5) is 0. The SMILES string of the molecule is COc1cccc(OC)c1-c1ccccc1[PH](c1ccccc1)(C1CCCCC1)C1CCCCC1. The van der Waals surface area contributed by atoms with E-state index in [1.54, 1.807) is 24.8 Å². The molecule has 0 bridgehead atoms. The van der Waals surface area contributed by atoms with Crippen molar-refractivity contribution in [3.05, 3.63) is 72.8 Å². The molecule has 2 aliphatic rings. The number of ether oxygens (including phenoxy) is 2. The maximum absolute atomic E-state index is 5.94. The molecule has 0 spiro atoms. The maximum atomic E-state index is 5.94. The molecule has 0 heterocycles. The van der Waals surface area contributed by atoms with Gasteiger partial charge in [0.05, 0.1) is 0 Å². The Morgan fingerprint density at radius 3 is 1.63 bits per heavy atom. The van der Waals surface area contributed by atoms with Crippen molar-refractivity contribution in [3.63, 3.8) is 0 Å². The Labute approximate surface area is 212 Å². The van der Waals surface area contributed by atoms with Gasteiger partial charge in [-0.25, -0.2) is 0 Å². The van der Waals surface area contributed by atoms with Crippen molar-refractivity contribution in [2.24, 2.45) is 0 Å². The van der Waals surface area contributed by atoms with E-state index in [9.17, 15) is 0 Å². The van der Waals surface area contributed by atoms with Gasteiger partial charge in [-0.1, -0.05) is 0 Å². The molecule has 3 aromatic carbocycles. The van der Waals surface area contributed by atoms with Crippen LogP contribution in [0.4, 0.5) is 0 Å². The van der Waals surface area contributed by atoms with Crippen LogP contribution in [0, 0.1) is 0 Å². The Kier molecular flexibility index (Phi) is 7.78. The molecule has 2 fully saturated rings. The third kappa shape index (κ3) is 4.51. The normalized spacial score (nSPS) is 18.2. The molecule has 35 heavy (non-hydrogen) atoms. The van der Waals surface area contributed by atoms with Crippen molar-refractivity contribution < 1.29 is 9.47 Å². The van der Waals surface area contributed by atoms with Crippen molar-refractivity contribution in [2.75, 3.05) is 14.2 Å². The van der Waals surface area contributed by atoms with E-state index in [-0.39, 0.29) is 0 Å². The van der Waals surface area contributed by atoms with Crippen LogP contribution in [0.2, 0.25) is 0 Å². The van der Waals surface area contributed by atoms with E-state index < -0.39 is 7.26 Å². The Balaban J connectivity index is 1.83. The fourth-order valence-electron chi connectivity index (χ4n) is 7.41. The minimum atomic E-state index is -2.16. The summed E-state index contributed by atoms with van der Waals surface area (Å²) in [6.45, 7) is 0. The van der Waals surface area contributed by atoms with Crippen LogP contribution in [0.3, 0.4) is 0 Å². The topological polar surface area (TPSA) is 18.5 Å². The van der Waals surface area contributed by atoms with Gasteiger partial charge in [0.1, 0.15) is 0 Å². The number of benzene rings is 3. The van der Waals surface area contributed by atoms with Gasteiger partial charge < -0.3 is 0 Å². The summed E-state index contributed by atoms with van der Waals surface area (Å²) in [6.07, 6.45) is 13.8.